The van der Waals surface area contributed by atoms with E-state index < -0.39 is 0 Å². The van der Waals surface area contributed by atoms with Gasteiger partial charge in [0.1, 0.15) is 12.3 Å². The predicted molar refractivity (Wildman–Crippen MR) is 97.2 cm³/mol. The lowest BCUT2D eigenvalue weighted by molar-refractivity contribution is -0.120. The Morgan fingerprint density at radius 1 is 1.19 bits per heavy atom. The highest BCUT2D eigenvalue weighted by atomic mass is 35.5. The van der Waals surface area contributed by atoms with E-state index in [2.05, 4.69) is 5.32 Å². The predicted octanol–water partition coefficient (Wildman–Crippen LogP) is 3.07. The number of nitrogens with zero attached hydrogens (tertiary/aromatic N) is 1. The third-order valence-corrected chi connectivity index (χ3v) is 4.00. The number of hydrogen-bond donors (Lipinski definition) is 1. The fourth-order valence-corrected chi connectivity index (χ4v) is 2.72. The number of nitrogens with one attached hydrogen (secondary N) is 1. The molecule has 0 saturated heterocycles. The molecule has 7 nitrogen and oxygen atoms in total. The number of rotatable bonds is 5. The van der Waals surface area contributed by atoms with E-state index in [-0.39, 0.29) is 25.2 Å². The van der Waals surface area contributed by atoms with E-state index in [0.717, 1.165) is 0 Å². The Morgan fingerprint density at radius 3 is 2.69 bits per heavy atom. The van der Waals surface area contributed by atoms with Crippen molar-refractivity contribution in [3.05, 3.63) is 41.4 Å². The van der Waals surface area contributed by atoms with Crippen LogP contribution in [0.1, 0.15) is 6.92 Å². The fourth-order valence-electron chi connectivity index (χ4n) is 2.56. The lowest BCUT2D eigenvalue weighted by atomic mass is 10.2. The maximum absolute atomic E-state index is 12.4. The molecule has 0 radical (unpaired) electrons. The molecule has 1 aliphatic rings. The fraction of sp³-hybridized carbons (Fsp3) is 0.222. The van der Waals surface area contributed by atoms with Crippen molar-refractivity contribution in [2.45, 2.75) is 6.92 Å². The van der Waals surface area contributed by atoms with Gasteiger partial charge in [-0.3, -0.25) is 14.5 Å². The molecule has 0 bridgehead atoms. The number of methoxy groups -OCH3 is 1. The van der Waals surface area contributed by atoms with Crippen LogP contribution in [0.15, 0.2) is 36.4 Å². The second-order valence-electron chi connectivity index (χ2n) is 5.54. The molecule has 2 aromatic carbocycles. The number of ether oxygens (including phenoxy) is 3. The molecule has 1 aliphatic heterocycles. The highest BCUT2D eigenvalue weighted by Gasteiger charge is 2.21. The van der Waals surface area contributed by atoms with Gasteiger partial charge in [0.2, 0.25) is 18.6 Å². The summed E-state index contributed by atoms with van der Waals surface area (Å²) < 4.78 is 15.8. The third kappa shape index (κ3) is 3.83. The number of carbonyl (C=O) groups is 2. The quantitative estimate of drug-likeness (QED) is 0.867. The monoisotopic (exact) mass is 376 g/mol. The van der Waals surface area contributed by atoms with Crippen molar-refractivity contribution in [1.29, 1.82) is 0 Å². The van der Waals surface area contributed by atoms with E-state index in [1.807, 2.05) is 0 Å². The number of benzene rings is 2. The van der Waals surface area contributed by atoms with Crippen molar-refractivity contribution in [1.82, 2.24) is 0 Å². The second kappa shape index (κ2) is 7.53. The topological polar surface area (TPSA) is 77.1 Å². The minimum absolute atomic E-state index is 0.152. The van der Waals surface area contributed by atoms with Gasteiger partial charge < -0.3 is 19.5 Å². The molecule has 0 fully saturated rings. The third-order valence-electron chi connectivity index (χ3n) is 3.77. The highest BCUT2D eigenvalue weighted by Crippen LogP contribution is 2.34. The van der Waals surface area contributed by atoms with Crippen LogP contribution in [0.3, 0.4) is 0 Å². The van der Waals surface area contributed by atoms with Crippen molar-refractivity contribution in [3.8, 4) is 17.2 Å². The van der Waals surface area contributed by atoms with Gasteiger partial charge in [-0.15, -0.1) is 0 Å². The Bertz CT molecular complexity index is 855. The van der Waals surface area contributed by atoms with Gasteiger partial charge in [0, 0.05) is 23.7 Å². The van der Waals surface area contributed by atoms with Crippen LogP contribution in [-0.2, 0) is 9.59 Å². The number of anilines is 2. The van der Waals surface area contributed by atoms with Gasteiger partial charge in [-0.05, 0) is 30.3 Å². The molecule has 136 valence electrons. The van der Waals surface area contributed by atoms with Crippen LogP contribution in [0.4, 0.5) is 11.4 Å². The van der Waals surface area contributed by atoms with Crippen LogP contribution in [-0.4, -0.2) is 32.3 Å². The number of amides is 2. The number of fused-ring (bicyclic) bond motifs is 1. The van der Waals surface area contributed by atoms with Gasteiger partial charge in [-0.2, -0.15) is 0 Å². The van der Waals surface area contributed by atoms with E-state index >= 15 is 0 Å². The average Bonchev–Trinajstić information content (AvgIpc) is 3.07. The van der Waals surface area contributed by atoms with E-state index in [9.17, 15) is 9.59 Å². The van der Waals surface area contributed by atoms with Crippen LogP contribution in [0.25, 0.3) is 0 Å². The van der Waals surface area contributed by atoms with Gasteiger partial charge in [-0.25, -0.2) is 0 Å². The Labute approximate surface area is 155 Å². The SMILES string of the molecule is COc1ccc(Cl)cc1N(CC(=O)Nc1ccc2c(c1)OCO2)C(C)=O. The van der Waals surface area contributed by atoms with Crippen LogP contribution in [0, 0.1) is 0 Å². The van der Waals surface area contributed by atoms with E-state index in [0.29, 0.717) is 33.6 Å². The first-order valence-corrected chi connectivity index (χ1v) is 8.17. The molecular formula is C18H17ClN2O5. The summed E-state index contributed by atoms with van der Waals surface area (Å²) in [5.74, 6) is 0.938. The Balaban J connectivity index is 1.77. The van der Waals surface area contributed by atoms with Gasteiger partial charge in [-0.1, -0.05) is 11.6 Å². The number of carbonyl (C=O) groups excluding carboxylic acids is 2. The minimum Gasteiger partial charge on any atom is -0.495 e. The number of hydrogen-bond acceptors (Lipinski definition) is 5. The van der Waals surface area contributed by atoms with Crippen molar-refractivity contribution >= 4 is 34.8 Å². The zero-order valence-electron chi connectivity index (χ0n) is 14.2. The molecule has 0 spiro atoms. The lowest BCUT2D eigenvalue weighted by Crippen LogP contribution is -2.36. The average molecular weight is 377 g/mol. The van der Waals surface area contributed by atoms with Crippen LogP contribution in [0.5, 0.6) is 17.2 Å². The molecule has 2 aromatic rings. The normalized spacial score (nSPS) is 11.8. The lowest BCUT2D eigenvalue weighted by Gasteiger charge is -2.23. The molecule has 2 amide bonds. The van der Waals surface area contributed by atoms with Crippen molar-refractivity contribution in [2.24, 2.45) is 0 Å². The summed E-state index contributed by atoms with van der Waals surface area (Å²) in [6.45, 7) is 1.33. The van der Waals surface area contributed by atoms with Gasteiger partial charge in [0.05, 0.1) is 12.8 Å². The second-order valence-corrected chi connectivity index (χ2v) is 5.97. The minimum atomic E-state index is -0.374. The first-order chi connectivity index (χ1) is 12.5. The number of halogens is 1. The Kier molecular flexibility index (Phi) is 5.18. The smallest absolute Gasteiger partial charge is 0.244 e. The van der Waals surface area contributed by atoms with Crippen LogP contribution < -0.4 is 24.4 Å². The molecule has 8 heteroatoms. The highest BCUT2D eigenvalue weighted by molar-refractivity contribution is 6.31. The van der Waals surface area contributed by atoms with E-state index in [1.54, 1.807) is 36.4 Å². The van der Waals surface area contributed by atoms with Crippen molar-refractivity contribution < 1.29 is 23.8 Å². The maximum atomic E-state index is 12.4. The molecule has 1 N–H and O–H groups in total. The summed E-state index contributed by atoms with van der Waals surface area (Å²) in [5, 5.41) is 3.17. The first kappa shape index (κ1) is 17.9. The zero-order valence-corrected chi connectivity index (χ0v) is 15.0. The molecule has 26 heavy (non-hydrogen) atoms. The molecule has 0 unspecified atom stereocenters. The van der Waals surface area contributed by atoms with Gasteiger partial charge in [0.25, 0.3) is 0 Å². The molecular weight excluding hydrogens is 360 g/mol. The molecule has 0 atom stereocenters. The largest absolute Gasteiger partial charge is 0.495 e. The summed E-state index contributed by atoms with van der Waals surface area (Å²) in [4.78, 5) is 25.8. The molecule has 0 aliphatic carbocycles. The Morgan fingerprint density at radius 2 is 1.96 bits per heavy atom. The van der Waals surface area contributed by atoms with Crippen LogP contribution in [0.2, 0.25) is 5.02 Å². The summed E-state index contributed by atoms with van der Waals surface area (Å²) in [5.41, 5.74) is 0.967. The molecule has 0 saturated carbocycles. The van der Waals surface area contributed by atoms with Crippen molar-refractivity contribution in [3.63, 3.8) is 0 Å². The summed E-state index contributed by atoms with van der Waals surface area (Å²) in [7, 11) is 1.48. The zero-order chi connectivity index (χ0) is 18.7. The standard InChI is InChI=1S/C18H17ClN2O5/c1-11(22)21(14-7-12(19)3-5-15(14)24-2)9-18(23)20-13-4-6-16-17(8-13)26-10-25-16/h3-8H,9-10H2,1-2H3,(H,20,23). The van der Waals surface area contributed by atoms with Gasteiger partial charge in [0.15, 0.2) is 11.5 Å². The molecule has 0 aromatic heterocycles. The summed E-state index contributed by atoms with van der Waals surface area (Å²) >= 11 is 6.02. The molecule has 1 heterocycles. The maximum Gasteiger partial charge on any atom is 0.244 e. The first-order valence-electron chi connectivity index (χ1n) is 7.79. The van der Waals surface area contributed by atoms with Crippen molar-refractivity contribution in [2.75, 3.05) is 30.7 Å². The Hall–Kier alpha value is -2.93. The molecule has 3 rings (SSSR count). The van der Waals surface area contributed by atoms with E-state index in [4.69, 9.17) is 25.8 Å². The van der Waals surface area contributed by atoms with Crippen LogP contribution >= 0.6 is 11.6 Å². The summed E-state index contributed by atoms with van der Waals surface area (Å²) in [6, 6.07) is 9.94. The summed E-state index contributed by atoms with van der Waals surface area (Å²) in [6.07, 6.45) is 0. The van der Waals surface area contributed by atoms with Gasteiger partial charge >= 0.3 is 0 Å². The van der Waals surface area contributed by atoms with E-state index in [1.165, 1.54) is 18.9 Å².